The SMILES string of the molecule is OCCC1=CN=C2C=C(C(F)(F)F)C=CC12Br. The number of aliphatic hydroxyl groups is 1. The van der Waals surface area contributed by atoms with Gasteiger partial charge in [-0.15, -0.1) is 0 Å². The van der Waals surface area contributed by atoms with Crippen molar-refractivity contribution in [2.75, 3.05) is 6.61 Å². The zero-order chi connectivity index (χ0) is 12.7. The van der Waals surface area contributed by atoms with Gasteiger partial charge in [0.2, 0.25) is 0 Å². The quantitative estimate of drug-likeness (QED) is 0.782. The number of hydrogen-bond acceptors (Lipinski definition) is 2. The minimum Gasteiger partial charge on any atom is -0.396 e. The number of halogens is 4. The topological polar surface area (TPSA) is 32.6 Å². The Morgan fingerprint density at radius 2 is 2.12 bits per heavy atom. The fourth-order valence-corrected chi connectivity index (χ4v) is 2.43. The van der Waals surface area contributed by atoms with Gasteiger partial charge in [-0.2, -0.15) is 13.2 Å². The van der Waals surface area contributed by atoms with Crippen LogP contribution in [0.4, 0.5) is 13.2 Å². The van der Waals surface area contributed by atoms with Crippen LogP contribution < -0.4 is 0 Å². The number of alkyl halides is 4. The van der Waals surface area contributed by atoms with E-state index in [1.165, 1.54) is 12.3 Å². The lowest BCUT2D eigenvalue weighted by molar-refractivity contribution is -0.0881. The number of nitrogens with zero attached hydrogens (tertiary/aromatic N) is 1. The molecular formula is C11H9BrF3NO. The number of aliphatic imine (C=N–C) groups is 1. The lowest BCUT2D eigenvalue weighted by Crippen LogP contribution is -2.32. The van der Waals surface area contributed by atoms with Gasteiger partial charge in [0, 0.05) is 12.8 Å². The zero-order valence-corrected chi connectivity index (χ0v) is 10.2. The Labute approximate surface area is 104 Å². The highest BCUT2D eigenvalue weighted by molar-refractivity contribution is 9.10. The number of aliphatic hydroxyl groups excluding tert-OH is 1. The number of rotatable bonds is 2. The summed E-state index contributed by atoms with van der Waals surface area (Å²) in [7, 11) is 0. The molecule has 2 aliphatic rings. The molecule has 17 heavy (non-hydrogen) atoms. The van der Waals surface area contributed by atoms with Gasteiger partial charge in [-0.05, 0) is 18.1 Å². The van der Waals surface area contributed by atoms with Crippen molar-refractivity contribution in [1.82, 2.24) is 0 Å². The van der Waals surface area contributed by atoms with Crippen LogP contribution in [-0.2, 0) is 0 Å². The Morgan fingerprint density at radius 1 is 1.41 bits per heavy atom. The standard InChI is InChI=1S/C11H9BrF3NO/c12-10-3-1-7(11(13,14)15)5-9(10)16-6-8(10)2-4-17/h1,3,5-6,17H,2,4H2. The van der Waals surface area contributed by atoms with Crippen LogP contribution in [0.3, 0.4) is 0 Å². The first-order valence-corrected chi connectivity index (χ1v) is 5.73. The van der Waals surface area contributed by atoms with E-state index in [1.54, 1.807) is 0 Å². The van der Waals surface area contributed by atoms with Gasteiger partial charge < -0.3 is 5.11 Å². The van der Waals surface area contributed by atoms with Crippen LogP contribution in [0.15, 0.2) is 40.6 Å². The summed E-state index contributed by atoms with van der Waals surface area (Å²) in [6.45, 7) is -0.0638. The molecule has 2 rings (SSSR count). The van der Waals surface area contributed by atoms with Gasteiger partial charge in [0.1, 0.15) is 4.32 Å². The predicted molar refractivity (Wildman–Crippen MR) is 62.2 cm³/mol. The monoisotopic (exact) mass is 307 g/mol. The summed E-state index contributed by atoms with van der Waals surface area (Å²) in [5, 5.41) is 8.88. The van der Waals surface area contributed by atoms with Gasteiger partial charge >= 0.3 is 6.18 Å². The summed E-state index contributed by atoms with van der Waals surface area (Å²) in [6, 6.07) is 0. The summed E-state index contributed by atoms with van der Waals surface area (Å²) in [5.41, 5.74) is 0.337. The maximum Gasteiger partial charge on any atom is 0.416 e. The highest BCUT2D eigenvalue weighted by Crippen LogP contribution is 2.42. The molecule has 6 heteroatoms. The summed E-state index contributed by atoms with van der Waals surface area (Å²) >= 11 is 3.38. The smallest absolute Gasteiger partial charge is 0.396 e. The highest BCUT2D eigenvalue weighted by Gasteiger charge is 2.42. The van der Waals surface area contributed by atoms with Crippen molar-refractivity contribution in [3.63, 3.8) is 0 Å². The van der Waals surface area contributed by atoms with Gasteiger partial charge in [-0.1, -0.05) is 28.1 Å². The van der Waals surface area contributed by atoms with Gasteiger partial charge in [0.05, 0.1) is 11.3 Å². The molecule has 0 aromatic carbocycles. The van der Waals surface area contributed by atoms with Crippen LogP contribution in [-0.4, -0.2) is 27.9 Å². The van der Waals surface area contributed by atoms with E-state index in [2.05, 4.69) is 20.9 Å². The maximum atomic E-state index is 12.5. The second-order valence-corrected chi connectivity index (χ2v) is 5.04. The fraction of sp³-hybridized carbons (Fsp3) is 0.364. The van der Waals surface area contributed by atoms with E-state index in [0.29, 0.717) is 12.1 Å². The van der Waals surface area contributed by atoms with Gasteiger partial charge in [-0.25, -0.2) is 0 Å². The molecule has 1 atom stereocenters. The third-order valence-corrected chi connectivity index (χ3v) is 3.87. The number of hydrogen-bond donors (Lipinski definition) is 1. The lowest BCUT2D eigenvalue weighted by atomic mass is 9.88. The molecule has 1 heterocycles. The van der Waals surface area contributed by atoms with Gasteiger partial charge in [-0.3, -0.25) is 4.99 Å². The van der Waals surface area contributed by atoms with E-state index in [0.717, 1.165) is 17.7 Å². The number of allylic oxidation sites excluding steroid dienone is 4. The molecule has 0 amide bonds. The molecule has 0 saturated carbocycles. The Balaban J connectivity index is 2.31. The van der Waals surface area contributed by atoms with Crippen molar-refractivity contribution in [2.45, 2.75) is 16.9 Å². The van der Waals surface area contributed by atoms with E-state index < -0.39 is 16.1 Å². The van der Waals surface area contributed by atoms with E-state index in [9.17, 15) is 13.2 Å². The molecule has 0 aromatic rings. The average Bonchev–Trinajstić information content (AvgIpc) is 2.54. The van der Waals surface area contributed by atoms with Crippen LogP contribution >= 0.6 is 15.9 Å². The molecule has 0 fully saturated rings. The molecule has 0 bridgehead atoms. The van der Waals surface area contributed by atoms with Crippen LogP contribution in [0.2, 0.25) is 0 Å². The van der Waals surface area contributed by atoms with E-state index in [-0.39, 0.29) is 6.61 Å². The Morgan fingerprint density at radius 3 is 2.71 bits per heavy atom. The molecule has 1 N–H and O–H groups in total. The first kappa shape index (κ1) is 12.6. The normalized spacial score (nSPS) is 27.5. The Hall–Kier alpha value is -0.880. The van der Waals surface area contributed by atoms with Crippen molar-refractivity contribution in [3.05, 3.63) is 35.6 Å². The summed E-state index contributed by atoms with van der Waals surface area (Å²) in [4.78, 5) is 3.96. The zero-order valence-electron chi connectivity index (χ0n) is 8.63. The molecule has 0 radical (unpaired) electrons. The molecule has 1 aliphatic carbocycles. The summed E-state index contributed by atoms with van der Waals surface area (Å²) in [6.07, 6.45) is 0.981. The maximum absolute atomic E-state index is 12.5. The molecular weight excluding hydrogens is 299 g/mol. The lowest BCUT2D eigenvalue weighted by Gasteiger charge is -2.26. The average molecular weight is 308 g/mol. The summed E-state index contributed by atoms with van der Waals surface area (Å²) < 4.78 is 36.8. The van der Waals surface area contributed by atoms with Crippen molar-refractivity contribution in [3.8, 4) is 0 Å². The van der Waals surface area contributed by atoms with E-state index >= 15 is 0 Å². The molecule has 0 saturated heterocycles. The highest BCUT2D eigenvalue weighted by atomic mass is 79.9. The van der Waals surface area contributed by atoms with Crippen molar-refractivity contribution < 1.29 is 18.3 Å². The largest absolute Gasteiger partial charge is 0.416 e. The van der Waals surface area contributed by atoms with Gasteiger partial charge in [0.15, 0.2) is 0 Å². The molecule has 92 valence electrons. The fourth-order valence-electron chi connectivity index (χ4n) is 1.78. The molecule has 0 aromatic heterocycles. The van der Waals surface area contributed by atoms with Crippen LogP contribution in [0, 0.1) is 0 Å². The molecule has 1 unspecified atom stereocenters. The van der Waals surface area contributed by atoms with Crippen molar-refractivity contribution in [2.24, 2.45) is 4.99 Å². The van der Waals surface area contributed by atoms with Crippen molar-refractivity contribution in [1.29, 1.82) is 0 Å². The Bertz CT molecular complexity index is 462. The minimum absolute atomic E-state index is 0.0638. The molecule has 0 spiro atoms. The van der Waals surface area contributed by atoms with E-state index in [1.807, 2.05) is 0 Å². The Kier molecular flexibility index (Phi) is 3.03. The second-order valence-electron chi connectivity index (χ2n) is 3.78. The van der Waals surface area contributed by atoms with E-state index in [4.69, 9.17) is 5.11 Å². The predicted octanol–water partition coefficient (Wildman–Crippen LogP) is 2.90. The third-order valence-electron chi connectivity index (χ3n) is 2.69. The van der Waals surface area contributed by atoms with Crippen LogP contribution in [0.5, 0.6) is 0 Å². The third kappa shape index (κ3) is 2.11. The van der Waals surface area contributed by atoms with Crippen molar-refractivity contribution >= 4 is 21.6 Å². The molecule has 1 aliphatic heterocycles. The van der Waals surface area contributed by atoms with Crippen LogP contribution in [0.25, 0.3) is 0 Å². The first-order chi connectivity index (χ1) is 7.88. The van der Waals surface area contributed by atoms with Crippen LogP contribution in [0.1, 0.15) is 6.42 Å². The summed E-state index contributed by atoms with van der Waals surface area (Å²) in [5.74, 6) is 0. The second kappa shape index (κ2) is 4.10. The van der Waals surface area contributed by atoms with Gasteiger partial charge in [0.25, 0.3) is 0 Å². The first-order valence-electron chi connectivity index (χ1n) is 4.93. The molecule has 2 nitrogen and oxygen atoms in total. The number of fused-ring (bicyclic) bond motifs is 1. The minimum atomic E-state index is -4.37.